The molecule has 128 valence electrons. The molecule has 1 aromatic rings. The average molecular weight is 327 g/mol. The van der Waals surface area contributed by atoms with Crippen LogP contribution in [-0.2, 0) is 9.59 Å². The zero-order valence-corrected chi connectivity index (χ0v) is 13.6. The number of benzene rings is 1. The number of carbonyl (C=O) groups is 2. The molecule has 0 spiro atoms. The van der Waals surface area contributed by atoms with Gasteiger partial charge in [0, 0.05) is 12.1 Å². The van der Waals surface area contributed by atoms with Crippen LogP contribution in [-0.4, -0.2) is 38.6 Å². The molecule has 0 aliphatic carbocycles. The first-order chi connectivity index (χ1) is 10.8. The van der Waals surface area contributed by atoms with Crippen molar-refractivity contribution in [3.8, 4) is 11.5 Å². The molecule has 1 atom stereocenters. The molecule has 0 saturated heterocycles. The molecule has 0 fully saturated rings. The molecule has 7 nitrogen and oxygen atoms in total. The van der Waals surface area contributed by atoms with Crippen molar-refractivity contribution in [2.24, 2.45) is 11.7 Å². The standard InChI is InChI=1S/C15H22FN3O4/c1-8(2)14(17)15(21)18-7-13(20)19-10-5-9(16)11(22-3)6-12(10)23-4/h5-6,8,14H,7,17H2,1-4H3,(H,18,21)(H,19,20)/t14-/m0/s1. The van der Waals surface area contributed by atoms with E-state index in [1.165, 1.54) is 20.3 Å². The Labute approximate surface area is 134 Å². The number of ether oxygens (including phenoxy) is 2. The molecule has 0 bridgehead atoms. The van der Waals surface area contributed by atoms with Crippen LogP contribution in [0.1, 0.15) is 13.8 Å². The van der Waals surface area contributed by atoms with E-state index in [0.717, 1.165) is 6.07 Å². The van der Waals surface area contributed by atoms with Crippen LogP contribution in [0.15, 0.2) is 12.1 Å². The number of nitrogens with one attached hydrogen (secondary N) is 2. The molecule has 2 amide bonds. The summed E-state index contributed by atoms with van der Waals surface area (Å²) < 4.78 is 23.6. The maximum absolute atomic E-state index is 13.7. The zero-order chi connectivity index (χ0) is 17.6. The average Bonchev–Trinajstić information content (AvgIpc) is 2.52. The third-order valence-electron chi connectivity index (χ3n) is 3.19. The number of amides is 2. The van der Waals surface area contributed by atoms with Gasteiger partial charge in [0.25, 0.3) is 0 Å². The number of nitrogens with two attached hydrogens (primary N) is 1. The maximum Gasteiger partial charge on any atom is 0.243 e. The molecule has 0 aliphatic heterocycles. The normalized spacial score (nSPS) is 11.8. The largest absolute Gasteiger partial charge is 0.494 e. The van der Waals surface area contributed by atoms with Crippen molar-refractivity contribution in [1.82, 2.24) is 5.32 Å². The zero-order valence-electron chi connectivity index (χ0n) is 13.6. The topological polar surface area (TPSA) is 103 Å². The SMILES string of the molecule is COc1cc(OC)c(NC(=O)CNC(=O)[C@@H](N)C(C)C)cc1F. The molecule has 1 rings (SSSR count). The van der Waals surface area contributed by atoms with Crippen LogP contribution >= 0.6 is 0 Å². The minimum atomic E-state index is -0.698. The Hall–Kier alpha value is -2.35. The number of hydrogen-bond donors (Lipinski definition) is 3. The fraction of sp³-hybridized carbons (Fsp3) is 0.467. The summed E-state index contributed by atoms with van der Waals surface area (Å²) in [5.41, 5.74) is 5.81. The van der Waals surface area contributed by atoms with Crippen LogP contribution in [0.5, 0.6) is 11.5 Å². The second-order valence-corrected chi connectivity index (χ2v) is 5.22. The lowest BCUT2D eigenvalue weighted by molar-refractivity contribution is -0.125. The minimum absolute atomic E-state index is 0.00365. The summed E-state index contributed by atoms with van der Waals surface area (Å²) in [6.07, 6.45) is 0. The van der Waals surface area contributed by atoms with E-state index in [0.29, 0.717) is 0 Å². The lowest BCUT2D eigenvalue weighted by atomic mass is 10.1. The molecule has 0 aliphatic rings. The van der Waals surface area contributed by atoms with Gasteiger partial charge in [0.05, 0.1) is 32.5 Å². The van der Waals surface area contributed by atoms with Gasteiger partial charge in [-0.25, -0.2) is 4.39 Å². The van der Waals surface area contributed by atoms with Crippen LogP contribution in [0.2, 0.25) is 0 Å². The van der Waals surface area contributed by atoms with Crippen molar-refractivity contribution < 1.29 is 23.5 Å². The van der Waals surface area contributed by atoms with Gasteiger partial charge >= 0.3 is 0 Å². The molecular weight excluding hydrogens is 305 g/mol. The van der Waals surface area contributed by atoms with Gasteiger partial charge in [0.2, 0.25) is 11.8 Å². The fourth-order valence-electron chi connectivity index (χ4n) is 1.74. The molecular formula is C15H22FN3O4. The lowest BCUT2D eigenvalue weighted by Gasteiger charge is -2.16. The van der Waals surface area contributed by atoms with E-state index in [9.17, 15) is 14.0 Å². The van der Waals surface area contributed by atoms with Gasteiger partial charge in [-0.05, 0) is 5.92 Å². The van der Waals surface area contributed by atoms with Crippen molar-refractivity contribution >= 4 is 17.5 Å². The van der Waals surface area contributed by atoms with Gasteiger partial charge < -0.3 is 25.8 Å². The quantitative estimate of drug-likeness (QED) is 0.690. The highest BCUT2D eigenvalue weighted by Gasteiger charge is 2.18. The Balaban J connectivity index is 2.71. The van der Waals surface area contributed by atoms with E-state index in [1.54, 1.807) is 13.8 Å². The van der Waals surface area contributed by atoms with Gasteiger partial charge in [0.1, 0.15) is 5.75 Å². The predicted molar refractivity (Wildman–Crippen MR) is 84.0 cm³/mol. The van der Waals surface area contributed by atoms with Gasteiger partial charge in [-0.3, -0.25) is 9.59 Å². The van der Waals surface area contributed by atoms with Crippen LogP contribution in [0.3, 0.4) is 0 Å². The summed E-state index contributed by atoms with van der Waals surface area (Å²) in [7, 11) is 2.70. The minimum Gasteiger partial charge on any atom is -0.494 e. The maximum atomic E-state index is 13.7. The van der Waals surface area contributed by atoms with Gasteiger partial charge in [-0.2, -0.15) is 0 Å². The summed E-state index contributed by atoms with van der Waals surface area (Å²) >= 11 is 0. The Morgan fingerprint density at radius 3 is 2.35 bits per heavy atom. The molecule has 0 radical (unpaired) electrons. The van der Waals surface area contributed by atoms with Crippen molar-refractivity contribution in [3.05, 3.63) is 17.9 Å². The van der Waals surface area contributed by atoms with Crippen LogP contribution < -0.4 is 25.8 Å². The van der Waals surface area contributed by atoms with Gasteiger partial charge in [-0.1, -0.05) is 13.8 Å². The van der Waals surface area contributed by atoms with Gasteiger partial charge in [-0.15, -0.1) is 0 Å². The van der Waals surface area contributed by atoms with Crippen molar-refractivity contribution in [2.45, 2.75) is 19.9 Å². The van der Waals surface area contributed by atoms with E-state index in [-0.39, 0.29) is 29.6 Å². The smallest absolute Gasteiger partial charge is 0.243 e. The van der Waals surface area contributed by atoms with E-state index >= 15 is 0 Å². The third kappa shape index (κ3) is 5.10. The number of hydrogen-bond acceptors (Lipinski definition) is 5. The monoisotopic (exact) mass is 327 g/mol. The van der Waals surface area contributed by atoms with Crippen LogP contribution in [0.25, 0.3) is 0 Å². The summed E-state index contributed by atoms with van der Waals surface area (Å²) in [5, 5.41) is 4.89. The Morgan fingerprint density at radius 1 is 1.22 bits per heavy atom. The molecule has 0 saturated carbocycles. The summed E-state index contributed by atoms with van der Waals surface area (Å²) in [4.78, 5) is 23.6. The van der Waals surface area contributed by atoms with Gasteiger partial charge in [0.15, 0.2) is 11.6 Å². The van der Waals surface area contributed by atoms with Crippen molar-refractivity contribution in [3.63, 3.8) is 0 Å². The number of methoxy groups -OCH3 is 2. The van der Waals surface area contributed by atoms with E-state index in [2.05, 4.69) is 10.6 Å². The number of anilines is 1. The molecule has 4 N–H and O–H groups in total. The summed E-state index contributed by atoms with van der Waals surface area (Å²) in [5.74, 6) is -1.42. The molecule has 0 heterocycles. The van der Waals surface area contributed by atoms with E-state index in [4.69, 9.17) is 15.2 Å². The lowest BCUT2D eigenvalue weighted by Crippen LogP contribution is -2.46. The highest BCUT2D eigenvalue weighted by Crippen LogP contribution is 2.31. The Bertz CT molecular complexity index is 578. The van der Waals surface area contributed by atoms with Crippen molar-refractivity contribution in [2.75, 3.05) is 26.1 Å². The Kier molecular flexibility index (Phi) is 6.77. The fourth-order valence-corrected chi connectivity index (χ4v) is 1.74. The molecule has 23 heavy (non-hydrogen) atoms. The summed E-state index contributed by atoms with van der Waals surface area (Å²) in [6, 6.07) is 1.70. The molecule has 8 heteroatoms. The van der Waals surface area contributed by atoms with Crippen LogP contribution in [0.4, 0.5) is 10.1 Å². The van der Waals surface area contributed by atoms with Crippen LogP contribution in [0, 0.1) is 11.7 Å². The first kappa shape index (κ1) is 18.7. The highest BCUT2D eigenvalue weighted by atomic mass is 19.1. The Morgan fingerprint density at radius 2 is 1.83 bits per heavy atom. The van der Waals surface area contributed by atoms with E-state index < -0.39 is 23.7 Å². The number of halogens is 1. The predicted octanol–water partition coefficient (Wildman–Crippen LogP) is 0.881. The third-order valence-corrected chi connectivity index (χ3v) is 3.19. The molecule has 0 unspecified atom stereocenters. The highest BCUT2D eigenvalue weighted by molar-refractivity contribution is 5.96. The second-order valence-electron chi connectivity index (χ2n) is 5.22. The first-order valence-electron chi connectivity index (χ1n) is 7.04. The summed E-state index contributed by atoms with van der Waals surface area (Å²) in [6.45, 7) is 3.32. The molecule has 1 aromatic carbocycles. The first-order valence-corrected chi connectivity index (χ1v) is 7.04. The van der Waals surface area contributed by atoms with E-state index in [1.807, 2.05) is 0 Å². The van der Waals surface area contributed by atoms with Crippen molar-refractivity contribution in [1.29, 1.82) is 0 Å². The number of carbonyl (C=O) groups excluding carboxylic acids is 2. The molecule has 0 aromatic heterocycles. The second kappa shape index (κ2) is 8.33. The number of rotatable bonds is 7.